The van der Waals surface area contributed by atoms with E-state index in [1.54, 1.807) is 0 Å². The Bertz CT molecular complexity index is 537. The molecule has 8 N–H and O–H groups in total. The van der Waals surface area contributed by atoms with E-state index in [2.05, 4.69) is 0 Å². The fourth-order valence-electron chi connectivity index (χ4n) is 3.40. The Morgan fingerprint density at radius 1 is 0.621 bits per heavy atom. The van der Waals surface area contributed by atoms with Crippen LogP contribution in [-0.4, -0.2) is 134 Å². The van der Waals surface area contributed by atoms with Crippen molar-refractivity contribution in [3.63, 3.8) is 0 Å². The smallest absolute Gasteiger partial charge is 0.187 e. The van der Waals surface area contributed by atoms with Gasteiger partial charge in [-0.25, -0.2) is 0 Å². The van der Waals surface area contributed by atoms with Crippen molar-refractivity contribution in [2.75, 3.05) is 13.2 Å². The van der Waals surface area contributed by atoms with Crippen molar-refractivity contribution in [3.05, 3.63) is 0 Å². The van der Waals surface area contributed by atoms with Crippen LogP contribution in [0.3, 0.4) is 0 Å². The van der Waals surface area contributed by atoms with Crippen molar-refractivity contribution in [2.24, 2.45) is 0 Å². The van der Waals surface area contributed by atoms with Crippen molar-refractivity contribution in [1.29, 1.82) is 0 Å². The molecular weight excluding hydrogens is 400 g/mol. The van der Waals surface area contributed by atoms with Crippen LogP contribution in [0, 0.1) is 0 Å². The van der Waals surface area contributed by atoms with Gasteiger partial charge in [-0.2, -0.15) is 0 Å². The zero-order valence-electron chi connectivity index (χ0n) is 15.5. The van der Waals surface area contributed by atoms with E-state index in [0.29, 0.717) is 0 Å². The molecule has 3 aliphatic heterocycles. The largest absolute Gasteiger partial charge is 0.388 e. The second-order valence-electron chi connectivity index (χ2n) is 7.42. The molecule has 3 fully saturated rings. The molecule has 0 aliphatic carbocycles. The standard InChI is InChI=1S/C16H28O13/c1-4-7(19)12(28-15-10(22)8(20)5(17)3-26-15)11(23)16(27-4)29-13-9(21)6(18)2-25-14(13)24/h4-24H,2-3H2,1H3/t4-,5+,6-,7-,8-,9-,10+,11+,12+,13+,14+,15-,16-/m0/s1. The van der Waals surface area contributed by atoms with Gasteiger partial charge >= 0.3 is 0 Å². The number of aliphatic hydroxyl groups excluding tert-OH is 8. The molecule has 0 spiro atoms. The maximum atomic E-state index is 10.6. The number of rotatable bonds is 4. The lowest BCUT2D eigenvalue weighted by atomic mass is 9.98. The van der Waals surface area contributed by atoms with Crippen molar-refractivity contribution < 1.29 is 64.5 Å². The topological polar surface area (TPSA) is 208 Å². The molecule has 0 saturated carbocycles. The Morgan fingerprint density at radius 2 is 1.21 bits per heavy atom. The summed E-state index contributed by atoms with van der Waals surface area (Å²) in [4.78, 5) is 0. The van der Waals surface area contributed by atoms with Gasteiger partial charge in [0, 0.05) is 0 Å². The van der Waals surface area contributed by atoms with Gasteiger partial charge in [-0.05, 0) is 6.92 Å². The van der Waals surface area contributed by atoms with Gasteiger partial charge in [-0.1, -0.05) is 0 Å². The minimum atomic E-state index is -1.68. The van der Waals surface area contributed by atoms with Crippen LogP contribution in [0.25, 0.3) is 0 Å². The van der Waals surface area contributed by atoms with Crippen LogP contribution >= 0.6 is 0 Å². The molecule has 0 amide bonds. The molecule has 0 aromatic heterocycles. The summed E-state index contributed by atoms with van der Waals surface area (Å²) in [5, 5.41) is 79.7. The lowest BCUT2D eigenvalue weighted by Gasteiger charge is -2.46. The molecule has 3 saturated heterocycles. The summed E-state index contributed by atoms with van der Waals surface area (Å²) in [6.45, 7) is 0.783. The molecule has 0 unspecified atom stereocenters. The Balaban J connectivity index is 1.69. The van der Waals surface area contributed by atoms with Crippen LogP contribution < -0.4 is 0 Å². The number of hydrogen-bond acceptors (Lipinski definition) is 13. The Morgan fingerprint density at radius 3 is 1.90 bits per heavy atom. The number of hydrogen-bond donors (Lipinski definition) is 8. The molecule has 3 aliphatic rings. The summed E-state index contributed by atoms with van der Waals surface area (Å²) < 4.78 is 26.2. The summed E-state index contributed by atoms with van der Waals surface area (Å²) in [5.41, 5.74) is 0. The van der Waals surface area contributed by atoms with Crippen molar-refractivity contribution in [1.82, 2.24) is 0 Å². The quantitative estimate of drug-likeness (QED) is 0.211. The van der Waals surface area contributed by atoms with Gasteiger partial charge < -0.3 is 64.5 Å². The van der Waals surface area contributed by atoms with Crippen molar-refractivity contribution in [2.45, 2.75) is 86.8 Å². The third-order valence-corrected chi connectivity index (χ3v) is 5.27. The lowest BCUT2D eigenvalue weighted by molar-refractivity contribution is -0.369. The lowest BCUT2D eigenvalue weighted by Crippen LogP contribution is -2.64. The highest BCUT2D eigenvalue weighted by molar-refractivity contribution is 4.93. The molecule has 0 bridgehead atoms. The van der Waals surface area contributed by atoms with E-state index in [9.17, 15) is 40.9 Å². The molecule has 13 atom stereocenters. The maximum absolute atomic E-state index is 10.6. The zero-order chi connectivity index (χ0) is 21.5. The van der Waals surface area contributed by atoms with E-state index in [1.165, 1.54) is 6.92 Å². The van der Waals surface area contributed by atoms with Gasteiger partial charge in [0.2, 0.25) is 0 Å². The van der Waals surface area contributed by atoms with Gasteiger partial charge in [0.25, 0.3) is 0 Å². The van der Waals surface area contributed by atoms with E-state index in [-0.39, 0.29) is 13.2 Å². The maximum Gasteiger partial charge on any atom is 0.187 e. The van der Waals surface area contributed by atoms with Gasteiger partial charge in [-0.15, -0.1) is 0 Å². The summed E-state index contributed by atoms with van der Waals surface area (Å²) in [7, 11) is 0. The second kappa shape index (κ2) is 9.32. The molecule has 13 nitrogen and oxygen atoms in total. The zero-order valence-corrected chi connectivity index (χ0v) is 15.5. The Hall–Kier alpha value is -0.520. The number of ether oxygens (including phenoxy) is 5. The monoisotopic (exact) mass is 428 g/mol. The summed E-state index contributed by atoms with van der Waals surface area (Å²) in [5.74, 6) is 0. The van der Waals surface area contributed by atoms with Crippen LogP contribution in [0.15, 0.2) is 0 Å². The Kier molecular flexibility index (Phi) is 7.44. The van der Waals surface area contributed by atoms with E-state index in [4.69, 9.17) is 23.7 Å². The highest BCUT2D eigenvalue weighted by Gasteiger charge is 2.50. The minimum Gasteiger partial charge on any atom is -0.388 e. The molecule has 170 valence electrons. The molecule has 29 heavy (non-hydrogen) atoms. The molecular formula is C16H28O13. The normalized spacial score (nSPS) is 54.3. The van der Waals surface area contributed by atoms with Gasteiger partial charge in [-0.3, -0.25) is 0 Å². The predicted molar refractivity (Wildman–Crippen MR) is 87.8 cm³/mol. The molecule has 3 heterocycles. The van der Waals surface area contributed by atoms with Gasteiger partial charge in [0.1, 0.15) is 54.9 Å². The van der Waals surface area contributed by atoms with Gasteiger partial charge in [0.15, 0.2) is 18.9 Å². The van der Waals surface area contributed by atoms with Crippen LogP contribution in [0.2, 0.25) is 0 Å². The fraction of sp³-hybridized carbons (Fsp3) is 1.00. The van der Waals surface area contributed by atoms with E-state index in [0.717, 1.165) is 0 Å². The molecule has 0 aromatic carbocycles. The van der Waals surface area contributed by atoms with Crippen LogP contribution in [0.5, 0.6) is 0 Å². The van der Waals surface area contributed by atoms with E-state index in [1.807, 2.05) is 0 Å². The van der Waals surface area contributed by atoms with Crippen LogP contribution in [0.4, 0.5) is 0 Å². The molecule has 13 heteroatoms. The highest BCUT2D eigenvalue weighted by Crippen LogP contribution is 2.30. The molecule has 0 radical (unpaired) electrons. The molecule has 0 aromatic rings. The van der Waals surface area contributed by atoms with Crippen molar-refractivity contribution >= 4 is 0 Å². The SMILES string of the molecule is C[C@@H]1O[C@@H](O[C@@H]2[C@@H](O)[C@@H](O)CO[C@H]2O)[C@H](O)[C@H](O[C@@H]2OC[C@@H](O)[C@H](O)[C@H]2O)[C@H]1O. The van der Waals surface area contributed by atoms with E-state index >= 15 is 0 Å². The van der Waals surface area contributed by atoms with E-state index < -0.39 is 79.9 Å². The predicted octanol–water partition coefficient (Wildman–Crippen LogP) is -5.27. The highest BCUT2D eigenvalue weighted by atomic mass is 16.7. The summed E-state index contributed by atoms with van der Waals surface area (Å²) >= 11 is 0. The first-order chi connectivity index (χ1) is 13.6. The Labute approximate surface area is 165 Å². The van der Waals surface area contributed by atoms with Gasteiger partial charge in [0.05, 0.1) is 19.3 Å². The molecule has 3 rings (SSSR count). The average Bonchev–Trinajstić information content (AvgIpc) is 2.69. The fourth-order valence-corrected chi connectivity index (χ4v) is 3.40. The summed E-state index contributed by atoms with van der Waals surface area (Å²) in [6, 6.07) is 0. The first-order valence-electron chi connectivity index (χ1n) is 9.26. The third kappa shape index (κ3) is 4.72. The second-order valence-corrected chi connectivity index (χ2v) is 7.42. The van der Waals surface area contributed by atoms with Crippen LogP contribution in [-0.2, 0) is 23.7 Å². The minimum absolute atomic E-state index is 0.317. The summed E-state index contributed by atoms with van der Waals surface area (Å²) in [6.07, 6.45) is -18.9. The first kappa shape index (κ1) is 23.1. The number of aliphatic hydroxyl groups is 8. The van der Waals surface area contributed by atoms with Crippen LogP contribution in [0.1, 0.15) is 6.92 Å². The average molecular weight is 428 g/mol. The van der Waals surface area contributed by atoms with Crippen molar-refractivity contribution in [3.8, 4) is 0 Å². The third-order valence-electron chi connectivity index (χ3n) is 5.27. The first-order valence-corrected chi connectivity index (χ1v) is 9.26.